The van der Waals surface area contributed by atoms with Crippen molar-refractivity contribution < 1.29 is 14.6 Å². The van der Waals surface area contributed by atoms with E-state index in [1.54, 1.807) is 20.4 Å². The van der Waals surface area contributed by atoms with Crippen molar-refractivity contribution in [3.8, 4) is 21.9 Å². The molecular weight excluding hydrogens is 238 g/mol. The molecule has 1 heterocycles. The Kier molecular flexibility index (Phi) is 3.61. The number of rotatable bonds is 4. The van der Waals surface area contributed by atoms with Gasteiger partial charge < -0.3 is 14.6 Å². The number of aromatic nitrogens is 1. The van der Waals surface area contributed by atoms with E-state index in [4.69, 9.17) is 14.6 Å². The number of benzene rings is 1. The zero-order valence-corrected chi connectivity index (χ0v) is 10.5. The molecule has 1 aromatic carbocycles. The second kappa shape index (κ2) is 5.16. The van der Waals surface area contributed by atoms with Crippen LogP contribution in [0.4, 0.5) is 0 Å². The van der Waals surface area contributed by atoms with E-state index < -0.39 is 0 Å². The molecule has 0 saturated carbocycles. The summed E-state index contributed by atoms with van der Waals surface area (Å²) < 4.78 is 10.6. The Hall–Kier alpha value is -1.59. The van der Waals surface area contributed by atoms with Crippen LogP contribution in [0.2, 0.25) is 0 Å². The number of hydrogen-bond donors (Lipinski definition) is 1. The average Bonchev–Trinajstić information content (AvgIpc) is 2.86. The summed E-state index contributed by atoms with van der Waals surface area (Å²) in [6, 6.07) is 5.68. The Labute approximate surface area is 103 Å². The second-order valence-electron chi connectivity index (χ2n) is 3.32. The predicted molar refractivity (Wildman–Crippen MR) is 66.6 cm³/mol. The molecule has 0 amide bonds. The van der Waals surface area contributed by atoms with Gasteiger partial charge in [0.15, 0.2) is 11.5 Å². The summed E-state index contributed by atoms with van der Waals surface area (Å²) in [6.07, 6.45) is 1.73. The van der Waals surface area contributed by atoms with E-state index in [9.17, 15) is 0 Å². The molecule has 4 nitrogen and oxygen atoms in total. The van der Waals surface area contributed by atoms with Crippen LogP contribution in [0.5, 0.6) is 11.5 Å². The molecule has 0 atom stereocenters. The molecule has 0 aliphatic rings. The molecule has 0 radical (unpaired) electrons. The molecule has 0 saturated heterocycles. The molecule has 0 bridgehead atoms. The predicted octanol–water partition coefficient (Wildman–Crippen LogP) is 2.32. The lowest BCUT2D eigenvalue weighted by atomic mass is 10.1. The third-order valence-corrected chi connectivity index (χ3v) is 3.37. The van der Waals surface area contributed by atoms with Crippen LogP contribution in [0.3, 0.4) is 0 Å². The van der Waals surface area contributed by atoms with Gasteiger partial charge in [-0.25, -0.2) is 4.98 Å². The molecule has 0 aliphatic heterocycles. The van der Waals surface area contributed by atoms with Crippen LogP contribution in [0, 0.1) is 0 Å². The SMILES string of the molecule is COc1cccc(-c2cnc(CO)s2)c1OC. The summed E-state index contributed by atoms with van der Waals surface area (Å²) in [4.78, 5) is 5.06. The van der Waals surface area contributed by atoms with Crippen molar-refractivity contribution in [1.29, 1.82) is 0 Å². The molecule has 0 spiro atoms. The minimum Gasteiger partial charge on any atom is -0.493 e. The van der Waals surface area contributed by atoms with E-state index in [1.807, 2.05) is 18.2 Å². The lowest BCUT2D eigenvalue weighted by Crippen LogP contribution is -1.92. The molecule has 0 unspecified atom stereocenters. The van der Waals surface area contributed by atoms with Gasteiger partial charge in [0.05, 0.1) is 25.7 Å². The standard InChI is InChI=1S/C12H13NO3S/c1-15-9-5-3-4-8(12(9)16-2)10-6-13-11(7-14)17-10/h3-6,14H,7H2,1-2H3. The summed E-state index contributed by atoms with van der Waals surface area (Å²) in [7, 11) is 3.21. The fourth-order valence-corrected chi connectivity index (χ4v) is 2.39. The molecule has 17 heavy (non-hydrogen) atoms. The summed E-state index contributed by atoms with van der Waals surface area (Å²) in [5.41, 5.74) is 0.920. The van der Waals surface area contributed by atoms with E-state index in [2.05, 4.69) is 4.98 Å². The van der Waals surface area contributed by atoms with Crippen LogP contribution in [0.25, 0.3) is 10.4 Å². The Bertz CT molecular complexity index is 510. The lowest BCUT2D eigenvalue weighted by Gasteiger charge is -2.10. The molecule has 1 N–H and O–H groups in total. The Morgan fingerprint density at radius 3 is 2.71 bits per heavy atom. The van der Waals surface area contributed by atoms with Gasteiger partial charge in [-0.15, -0.1) is 11.3 Å². The topological polar surface area (TPSA) is 51.6 Å². The van der Waals surface area contributed by atoms with Crippen molar-refractivity contribution in [3.05, 3.63) is 29.4 Å². The van der Waals surface area contributed by atoms with Gasteiger partial charge in [-0.05, 0) is 12.1 Å². The van der Waals surface area contributed by atoms with E-state index in [1.165, 1.54) is 11.3 Å². The Morgan fingerprint density at radius 2 is 2.12 bits per heavy atom. The Balaban J connectivity index is 2.50. The normalized spacial score (nSPS) is 10.3. The first-order valence-corrected chi connectivity index (χ1v) is 5.88. The second-order valence-corrected chi connectivity index (χ2v) is 4.43. The van der Waals surface area contributed by atoms with Crippen LogP contribution in [0.1, 0.15) is 5.01 Å². The number of aliphatic hydroxyl groups is 1. The van der Waals surface area contributed by atoms with Crippen LogP contribution < -0.4 is 9.47 Å². The quantitative estimate of drug-likeness (QED) is 0.906. The smallest absolute Gasteiger partial charge is 0.169 e. The van der Waals surface area contributed by atoms with Crippen molar-refractivity contribution >= 4 is 11.3 Å². The van der Waals surface area contributed by atoms with Gasteiger partial charge in [-0.1, -0.05) is 6.07 Å². The van der Waals surface area contributed by atoms with Crippen molar-refractivity contribution in [2.24, 2.45) is 0 Å². The van der Waals surface area contributed by atoms with Crippen molar-refractivity contribution in [2.75, 3.05) is 14.2 Å². The van der Waals surface area contributed by atoms with Crippen LogP contribution >= 0.6 is 11.3 Å². The van der Waals surface area contributed by atoms with Gasteiger partial charge in [0, 0.05) is 11.8 Å². The zero-order valence-electron chi connectivity index (χ0n) is 9.64. The third-order valence-electron chi connectivity index (χ3n) is 2.36. The Morgan fingerprint density at radius 1 is 1.29 bits per heavy atom. The fourth-order valence-electron chi connectivity index (χ4n) is 1.59. The molecule has 5 heteroatoms. The number of nitrogens with zero attached hydrogens (tertiary/aromatic N) is 1. The molecule has 0 fully saturated rings. The number of hydrogen-bond acceptors (Lipinski definition) is 5. The third kappa shape index (κ3) is 2.25. The summed E-state index contributed by atoms with van der Waals surface area (Å²) >= 11 is 1.44. The molecule has 2 rings (SSSR count). The number of thiazole rings is 1. The number of methoxy groups -OCH3 is 2. The lowest BCUT2D eigenvalue weighted by molar-refractivity contribution is 0.281. The molecule has 0 aliphatic carbocycles. The van der Waals surface area contributed by atoms with E-state index in [0.29, 0.717) is 16.5 Å². The van der Waals surface area contributed by atoms with E-state index in [-0.39, 0.29) is 6.61 Å². The minimum absolute atomic E-state index is 0.0447. The number of ether oxygens (including phenoxy) is 2. The maximum absolute atomic E-state index is 9.02. The van der Waals surface area contributed by atoms with Gasteiger partial charge >= 0.3 is 0 Å². The van der Waals surface area contributed by atoms with Gasteiger partial charge in [0.2, 0.25) is 0 Å². The highest BCUT2D eigenvalue weighted by Crippen LogP contribution is 2.39. The van der Waals surface area contributed by atoms with Gasteiger partial charge in [0.25, 0.3) is 0 Å². The van der Waals surface area contributed by atoms with Crippen LogP contribution in [-0.2, 0) is 6.61 Å². The van der Waals surface area contributed by atoms with Gasteiger partial charge in [-0.3, -0.25) is 0 Å². The van der Waals surface area contributed by atoms with Crippen molar-refractivity contribution in [1.82, 2.24) is 4.98 Å². The summed E-state index contributed by atoms with van der Waals surface area (Å²) in [6.45, 7) is -0.0447. The number of aliphatic hydroxyl groups excluding tert-OH is 1. The van der Waals surface area contributed by atoms with Crippen LogP contribution in [-0.4, -0.2) is 24.3 Å². The van der Waals surface area contributed by atoms with Crippen molar-refractivity contribution in [2.45, 2.75) is 6.61 Å². The summed E-state index contributed by atoms with van der Waals surface area (Å²) in [5.74, 6) is 1.37. The zero-order chi connectivity index (χ0) is 12.3. The van der Waals surface area contributed by atoms with E-state index in [0.717, 1.165) is 10.4 Å². The maximum atomic E-state index is 9.02. The van der Waals surface area contributed by atoms with Crippen LogP contribution in [0.15, 0.2) is 24.4 Å². The highest BCUT2D eigenvalue weighted by molar-refractivity contribution is 7.15. The average molecular weight is 251 g/mol. The first kappa shape index (κ1) is 11.9. The molecule has 90 valence electrons. The van der Waals surface area contributed by atoms with Gasteiger partial charge in [0.1, 0.15) is 5.01 Å². The molecule has 2 aromatic rings. The van der Waals surface area contributed by atoms with Crippen molar-refractivity contribution in [3.63, 3.8) is 0 Å². The highest BCUT2D eigenvalue weighted by atomic mass is 32.1. The maximum Gasteiger partial charge on any atom is 0.169 e. The monoisotopic (exact) mass is 251 g/mol. The first-order valence-electron chi connectivity index (χ1n) is 5.07. The highest BCUT2D eigenvalue weighted by Gasteiger charge is 2.13. The minimum atomic E-state index is -0.0447. The van der Waals surface area contributed by atoms with E-state index >= 15 is 0 Å². The number of para-hydroxylation sites is 1. The largest absolute Gasteiger partial charge is 0.493 e. The first-order chi connectivity index (χ1) is 8.30. The van der Waals surface area contributed by atoms with Gasteiger partial charge in [-0.2, -0.15) is 0 Å². The molecular formula is C12H13NO3S. The molecule has 1 aromatic heterocycles. The fraction of sp³-hybridized carbons (Fsp3) is 0.250. The summed E-state index contributed by atoms with van der Waals surface area (Å²) in [5, 5.41) is 9.70.